The summed E-state index contributed by atoms with van der Waals surface area (Å²) in [5, 5.41) is 7.15. The summed E-state index contributed by atoms with van der Waals surface area (Å²) in [7, 11) is 0. The second-order valence-electron chi connectivity index (χ2n) is 6.65. The molecule has 4 aromatic rings. The van der Waals surface area contributed by atoms with Gasteiger partial charge in [0, 0.05) is 34.6 Å². The molecule has 2 aromatic heterocycles. The molecule has 0 aliphatic heterocycles. The van der Waals surface area contributed by atoms with Crippen molar-refractivity contribution in [2.24, 2.45) is 0 Å². The number of fused-ring (bicyclic) bond motifs is 1. The Morgan fingerprint density at radius 1 is 1.19 bits per heavy atom. The number of para-hydroxylation sites is 1. The fourth-order valence-corrected chi connectivity index (χ4v) is 4.02. The van der Waals surface area contributed by atoms with Crippen molar-refractivity contribution < 1.29 is 4.79 Å². The highest BCUT2D eigenvalue weighted by molar-refractivity contribution is 7.13. The fraction of sp³-hybridized carbons (Fsp3) is 0.182. The lowest BCUT2D eigenvalue weighted by Crippen LogP contribution is -2.27. The molecule has 2 aromatic carbocycles. The van der Waals surface area contributed by atoms with Crippen molar-refractivity contribution in [1.82, 2.24) is 15.3 Å². The summed E-state index contributed by atoms with van der Waals surface area (Å²) in [6.45, 7) is 2.69. The third kappa shape index (κ3) is 4.09. The monoisotopic (exact) mass is 375 g/mol. The molecule has 1 amide bonds. The van der Waals surface area contributed by atoms with E-state index in [1.807, 2.05) is 29.8 Å². The topological polar surface area (TPSA) is 57.8 Å². The molecule has 0 bridgehead atoms. The molecule has 136 valence electrons. The van der Waals surface area contributed by atoms with E-state index in [2.05, 4.69) is 52.5 Å². The van der Waals surface area contributed by atoms with Crippen molar-refractivity contribution in [3.63, 3.8) is 0 Å². The molecule has 0 spiro atoms. The van der Waals surface area contributed by atoms with Gasteiger partial charge < -0.3 is 10.3 Å². The van der Waals surface area contributed by atoms with Crippen LogP contribution in [0.25, 0.3) is 21.5 Å². The molecule has 0 aliphatic rings. The largest absolute Gasteiger partial charge is 0.361 e. The van der Waals surface area contributed by atoms with Crippen molar-refractivity contribution in [2.75, 3.05) is 6.54 Å². The quantitative estimate of drug-likeness (QED) is 0.521. The molecular weight excluding hydrogens is 354 g/mol. The first-order chi connectivity index (χ1) is 13.2. The van der Waals surface area contributed by atoms with Gasteiger partial charge in [0.05, 0.1) is 12.1 Å². The molecule has 0 saturated carbocycles. The van der Waals surface area contributed by atoms with Crippen LogP contribution in [0.3, 0.4) is 0 Å². The number of carbonyl (C=O) groups excluding carboxylic acids is 1. The lowest BCUT2D eigenvalue weighted by atomic mass is 10.1. The minimum Gasteiger partial charge on any atom is -0.361 e. The predicted octanol–water partition coefficient (Wildman–Crippen LogP) is 4.50. The molecule has 0 unspecified atom stereocenters. The summed E-state index contributed by atoms with van der Waals surface area (Å²) in [6.07, 6.45) is 3.14. The van der Waals surface area contributed by atoms with E-state index in [0.29, 0.717) is 13.0 Å². The van der Waals surface area contributed by atoms with Gasteiger partial charge in [-0.15, -0.1) is 11.3 Å². The second kappa shape index (κ2) is 7.76. The Labute approximate surface area is 162 Å². The van der Waals surface area contributed by atoms with Crippen LogP contribution < -0.4 is 5.32 Å². The van der Waals surface area contributed by atoms with Gasteiger partial charge in [0.2, 0.25) is 5.91 Å². The van der Waals surface area contributed by atoms with Crippen molar-refractivity contribution in [3.05, 3.63) is 76.9 Å². The summed E-state index contributed by atoms with van der Waals surface area (Å²) in [6, 6.07) is 16.5. The summed E-state index contributed by atoms with van der Waals surface area (Å²) >= 11 is 1.58. The zero-order valence-corrected chi connectivity index (χ0v) is 16.0. The van der Waals surface area contributed by atoms with E-state index in [0.717, 1.165) is 28.2 Å². The van der Waals surface area contributed by atoms with Crippen LogP contribution in [0, 0.1) is 6.92 Å². The van der Waals surface area contributed by atoms with Gasteiger partial charge in [0.1, 0.15) is 5.01 Å². The summed E-state index contributed by atoms with van der Waals surface area (Å²) in [5.74, 6) is 0.0101. The Morgan fingerprint density at radius 3 is 2.96 bits per heavy atom. The van der Waals surface area contributed by atoms with Gasteiger partial charge in [-0.3, -0.25) is 4.79 Å². The Kier molecular flexibility index (Phi) is 5.03. The summed E-state index contributed by atoms with van der Waals surface area (Å²) < 4.78 is 0. The van der Waals surface area contributed by atoms with Crippen LogP contribution in [0.1, 0.15) is 16.8 Å². The van der Waals surface area contributed by atoms with Crippen molar-refractivity contribution in [3.8, 4) is 10.6 Å². The third-order valence-electron chi connectivity index (χ3n) is 4.55. The van der Waals surface area contributed by atoms with Crippen molar-refractivity contribution in [1.29, 1.82) is 0 Å². The van der Waals surface area contributed by atoms with Gasteiger partial charge in [-0.25, -0.2) is 4.98 Å². The van der Waals surface area contributed by atoms with E-state index >= 15 is 0 Å². The SMILES string of the molecule is Cc1cccc(-c2nc(CC(=O)NCCc3c[nH]c4ccccc34)cs2)c1. The highest BCUT2D eigenvalue weighted by Gasteiger charge is 2.10. The molecule has 2 heterocycles. The number of aryl methyl sites for hydroxylation is 1. The first-order valence-electron chi connectivity index (χ1n) is 9.02. The number of nitrogens with one attached hydrogen (secondary N) is 2. The normalized spacial score (nSPS) is 11.0. The molecule has 27 heavy (non-hydrogen) atoms. The maximum atomic E-state index is 12.3. The number of H-pyrrole nitrogens is 1. The lowest BCUT2D eigenvalue weighted by Gasteiger charge is -2.04. The second-order valence-corrected chi connectivity index (χ2v) is 7.51. The van der Waals surface area contributed by atoms with E-state index in [4.69, 9.17) is 0 Å². The smallest absolute Gasteiger partial charge is 0.226 e. The zero-order chi connectivity index (χ0) is 18.6. The maximum Gasteiger partial charge on any atom is 0.226 e. The molecule has 0 saturated heterocycles. The Morgan fingerprint density at radius 2 is 2.07 bits per heavy atom. The number of nitrogens with zero attached hydrogens (tertiary/aromatic N) is 1. The minimum absolute atomic E-state index is 0.0101. The molecule has 0 radical (unpaired) electrons. The minimum atomic E-state index is 0.0101. The highest BCUT2D eigenvalue weighted by atomic mass is 32.1. The molecule has 4 nitrogen and oxygen atoms in total. The van der Waals surface area contributed by atoms with Gasteiger partial charge in [0.25, 0.3) is 0 Å². The lowest BCUT2D eigenvalue weighted by molar-refractivity contribution is -0.120. The van der Waals surface area contributed by atoms with Crippen molar-refractivity contribution >= 4 is 28.1 Å². The molecule has 5 heteroatoms. The van der Waals surface area contributed by atoms with Crippen LogP contribution in [0.5, 0.6) is 0 Å². The van der Waals surface area contributed by atoms with Crippen LogP contribution in [0.4, 0.5) is 0 Å². The number of aromatic nitrogens is 2. The van der Waals surface area contributed by atoms with E-state index in [1.54, 1.807) is 11.3 Å². The number of aromatic amines is 1. The molecule has 2 N–H and O–H groups in total. The first-order valence-corrected chi connectivity index (χ1v) is 9.90. The number of carbonyl (C=O) groups is 1. The number of rotatable bonds is 6. The highest BCUT2D eigenvalue weighted by Crippen LogP contribution is 2.24. The maximum absolute atomic E-state index is 12.3. The number of benzene rings is 2. The van der Waals surface area contributed by atoms with Crippen LogP contribution in [0.2, 0.25) is 0 Å². The van der Waals surface area contributed by atoms with Crippen molar-refractivity contribution in [2.45, 2.75) is 19.8 Å². The summed E-state index contributed by atoms with van der Waals surface area (Å²) in [5.41, 5.74) is 5.48. The number of hydrogen-bond donors (Lipinski definition) is 2. The van der Waals surface area contributed by atoms with E-state index < -0.39 is 0 Å². The number of hydrogen-bond acceptors (Lipinski definition) is 3. The van der Waals surface area contributed by atoms with Gasteiger partial charge in [-0.2, -0.15) is 0 Å². The van der Waals surface area contributed by atoms with Gasteiger partial charge in [-0.1, -0.05) is 42.0 Å². The Balaban J connectivity index is 1.32. The molecule has 4 rings (SSSR count). The van der Waals surface area contributed by atoms with Crippen LogP contribution in [-0.4, -0.2) is 22.4 Å². The Bertz CT molecular complexity index is 1080. The standard InChI is InChI=1S/C22H21N3OS/c1-15-5-4-6-16(11-15)22-25-18(14-27-22)12-21(26)23-10-9-17-13-24-20-8-3-2-7-19(17)20/h2-8,11,13-14,24H,9-10,12H2,1H3,(H,23,26). The number of thiazole rings is 1. The van der Waals surface area contributed by atoms with E-state index in [1.165, 1.54) is 16.5 Å². The van der Waals surface area contributed by atoms with E-state index in [9.17, 15) is 4.79 Å². The zero-order valence-electron chi connectivity index (χ0n) is 15.2. The molecule has 0 aliphatic carbocycles. The molecular formula is C22H21N3OS. The van der Waals surface area contributed by atoms with Crippen LogP contribution in [-0.2, 0) is 17.6 Å². The molecule has 0 fully saturated rings. The van der Waals surface area contributed by atoms with Crippen LogP contribution in [0.15, 0.2) is 60.1 Å². The first kappa shape index (κ1) is 17.5. The van der Waals surface area contributed by atoms with Gasteiger partial charge >= 0.3 is 0 Å². The van der Waals surface area contributed by atoms with Crippen LogP contribution >= 0.6 is 11.3 Å². The Hall–Kier alpha value is -2.92. The fourth-order valence-electron chi connectivity index (χ4n) is 3.20. The number of amides is 1. The third-order valence-corrected chi connectivity index (χ3v) is 5.49. The molecule has 0 atom stereocenters. The summed E-state index contributed by atoms with van der Waals surface area (Å²) in [4.78, 5) is 20.1. The average Bonchev–Trinajstić information content (AvgIpc) is 3.29. The van der Waals surface area contributed by atoms with Gasteiger partial charge in [0.15, 0.2) is 0 Å². The van der Waals surface area contributed by atoms with E-state index in [-0.39, 0.29) is 5.91 Å². The average molecular weight is 375 g/mol. The predicted molar refractivity (Wildman–Crippen MR) is 111 cm³/mol. The van der Waals surface area contributed by atoms with Gasteiger partial charge in [-0.05, 0) is 31.0 Å².